The smallest absolute Gasteiger partial charge is 0.124 e. The fourth-order valence-electron chi connectivity index (χ4n) is 2.02. The molecule has 4 heteroatoms. The molecule has 0 heterocycles. The summed E-state index contributed by atoms with van der Waals surface area (Å²) in [6.07, 6.45) is 0. The third-order valence-electron chi connectivity index (χ3n) is 3.03. The highest BCUT2D eigenvalue weighted by Crippen LogP contribution is 2.32. The van der Waals surface area contributed by atoms with E-state index in [0.717, 1.165) is 11.1 Å². The van der Waals surface area contributed by atoms with Crippen LogP contribution in [0.4, 0.5) is 0 Å². The van der Waals surface area contributed by atoms with Crippen LogP contribution in [-0.4, -0.2) is 18.8 Å². The molecule has 106 valence electrons. The molecule has 0 saturated heterocycles. The lowest BCUT2D eigenvalue weighted by atomic mass is 9.98. The number of aromatic hydroxyl groups is 1. The molecule has 0 bridgehead atoms. The Morgan fingerprint density at radius 1 is 1.15 bits per heavy atom. The highest BCUT2D eigenvalue weighted by atomic mass is 16.6. The van der Waals surface area contributed by atoms with Crippen LogP contribution in [0.1, 0.15) is 24.1 Å². The van der Waals surface area contributed by atoms with Gasteiger partial charge in [0.15, 0.2) is 0 Å². The van der Waals surface area contributed by atoms with Crippen molar-refractivity contribution in [1.82, 2.24) is 5.48 Å². The van der Waals surface area contributed by atoms with Crippen LogP contribution in [0.25, 0.3) is 0 Å². The van der Waals surface area contributed by atoms with Gasteiger partial charge < -0.3 is 14.7 Å². The van der Waals surface area contributed by atoms with Gasteiger partial charge in [-0.05, 0) is 24.6 Å². The summed E-state index contributed by atoms with van der Waals surface area (Å²) in [6.45, 7) is 2.45. The molecule has 2 aromatic rings. The van der Waals surface area contributed by atoms with E-state index in [9.17, 15) is 5.11 Å². The molecule has 1 unspecified atom stereocenters. The molecule has 4 nitrogen and oxygen atoms in total. The van der Waals surface area contributed by atoms with Gasteiger partial charge in [-0.25, -0.2) is 0 Å². The number of benzene rings is 2. The van der Waals surface area contributed by atoms with E-state index in [1.54, 1.807) is 13.2 Å². The van der Waals surface area contributed by atoms with Gasteiger partial charge in [0.25, 0.3) is 0 Å². The van der Waals surface area contributed by atoms with Crippen molar-refractivity contribution in [1.29, 1.82) is 0 Å². The lowest BCUT2D eigenvalue weighted by Gasteiger charge is -2.20. The summed E-state index contributed by atoms with van der Waals surface area (Å²) < 4.78 is 5.10. The minimum atomic E-state index is -0.234. The summed E-state index contributed by atoms with van der Waals surface area (Å²) in [5, 5.41) is 10.2. The molecule has 0 spiro atoms. The van der Waals surface area contributed by atoms with Gasteiger partial charge in [-0.1, -0.05) is 30.3 Å². The molecular formula is C16H19NO3. The van der Waals surface area contributed by atoms with Crippen molar-refractivity contribution in [3.63, 3.8) is 0 Å². The Hall–Kier alpha value is -2.04. The van der Waals surface area contributed by atoms with Gasteiger partial charge in [-0.2, -0.15) is 5.48 Å². The maximum absolute atomic E-state index is 10.2. The van der Waals surface area contributed by atoms with Crippen LogP contribution >= 0.6 is 0 Å². The zero-order valence-electron chi connectivity index (χ0n) is 11.7. The average Bonchev–Trinajstić information content (AvgIpc) is 2.50. The van der Waals surface area contributed by atoms with Crippen LogP contribution in [0.15, 0.2) is 48.5 Å². The number of rotatable bonds is 6. The quantitative estimate of drug-likeness (QED) is 0.794. The van der Waals surface area contributed by atoms with Gasteiger partial charge in [-0.3, -0.25) is 0 Å². The molecule has 0 saturated carbocycles. The van der Waals surface area contributed by atoms with Crippen LogP contribution in [0.5, 0.6) is 11.5 Å². The van der Waals surface area contributed by atoms with E-state index in [4.69, 9.17) is 9.57 Å². The maximum Gasteiger partial charge on any atom is 0.124 e. The zero-order valence-corrected chi connectivity index (χ0v) is 11.7. The first kappa shape index (κ1) is 14.4. The van der Waals surface area contributed by atoms with Gasteiger partial charge in [0.05, 0.1) is 19.8 Å². The van der Waals surface area contributed by atoms with Crippen LogP contribution in [0.2, 0.25) is 0 Å². The fourth-order valence-corrected chi connectivity index (χ4v) is 2.02. The van der Waals surface area contributed by atoms with Crippen LogP contribution in [-0.2, 0) is 4.84 Å². The number of phenols is 1. The van der Waals surface area contributed by atoms with E-state index in [-0.39, 0.29) is 11.8 Å². The zero-order chi connectivity index (χ0) is 14.4. The Labute approximate surface area is 118 Å². The topological polar surface area (TPSA) is 50.7 Å². The normalized spacial score (nSPS) is 12.1. The molecule has 0 aromatic heterocycles. The minimum absolute atomic E-state index is 0.172. The number of ether oxygens (including phenoxy) is 1. The molecular weight excluding hydrogens is 254 g/mol. The van der Waals surface area contributed by atoms with Crippen molar-refractivity contribution in [3.05, 3.63) is 59.7 Å². The second-order valence-corrected chi connectivity index (χ2v) is 4.32. The van der Waals surface area contributed by atoms with E-state index >= 15 is 0 Å². The SMILES string of the molecule is CCONC(c1ccccc1)c1ccc(OC)cc1O. The number of hydrogen-bond donors (Lipinski definition) is 2. The Morgan fingerprint density at radius 3 is 2.50 bits per heavy atom. The van der Waals surface area contributed by atoms with Gasteiger partial charge in [0.2, 0.25) is 0 Å². The van der Waals surface area contributed by atoms with Crippen molar-refractivity contribution in [2.45, 2.75) is 13.0 Å². The molecule has 2 N–H and O–H groups in total. The lowest BCUT2D eigenvalue weighted by molar-refractivity contribution is 0.0329. The van der Waals surface area contributed by atoms with Gasteiger partial charge in [0.1, 0.15) is 11.5 Å². The van der Waals surface area contributed by atoms with E-state index < -0.39 is 0 Å². The Bertz CT molecular complexity index is 543. The predicted octanol–water partition coefficient (Wildman–Crippen LogP) is 3.03. The summed E-state index contributed by atoms with van der Waals surface area (Å²) in [7, 11) is 1.57. The van der Waals surface area contributed by atoms with E-state index in [1.807, 2.05) is 49.4 Å². The Balaban J connectivity index is 2.36. The van der Waals surface area contributed by atoms with Gasteiger partial charge in [0, 0.05) is 11.6 Å². The standard InChI is InChI=1S/C16H19NO3/c1-3-20-17-16(12-7-5-4-6-8-12)14-10-9-13(19-2)11-15(14)18/h4-11,16-18H,3H2,1-2H3. The third kappa shape index (κ3) is 3.29. The number of phenolic OH excluding ortho intramolecular Hbond substituents is 1. The molecule has 0 aliphatic rings. The predicted molar refractivity (Wildman–Crippen MR) is 77.7 cm³/mol. The highest BCUT2D eigenvalue weighted by molar-refractivity contribution is 5.45. The van der Waals surface area contributed by atoms with Crippen molar-refractivity contribution < 1.29 is 14.7 Å². The van der Waals surface area contributed by atoms with Gasteiger partial charge in [-0.15, -0.1) is 0 Å². The van der Waals surface area contributed by atoms with Crippen LogP contribution in [0.3, 0.4) is 0 Å². The molecule has 2 rings (SSSR count). The summed E-state index contributed by atoms with van der Waals surface area (Å²) >= 11 is 0. The summed E-state index contributed by atoms with van der Waals surface area (Å²) in [4.78, 5) is 5.32. The molecule has 0 aliphatic heterocycles. The van der Waals surface area contributed by atoms with Crippen molar-refractivity contribution in [2.75, 3.05) is 13.7 Å². The fraction of sp³-hybridized carbons (Fsp3) is 0.250. The molecule has 20 heavy (non-hydrogen) atoms. The maximum atomic E-state index is 10.2. The summed E-state index contributed by atoms with van der Waals surface area (Å²) in [5.41, 5.74) is 4.74. The van der Waals surface area contributed by atoms with E-state index in [1.165, 1.54) is 0 Å². The first-order chi connectivity index (χ1) is 9.76. The highest BCUT2D eigenvalue weighted by Gasteiger charge is 2.18. The molecule has 0 amide bonds. The number of hydrogen-bond acceptors (Lipinski definition) is 4. The molecule has 2 aromatic carbocycles. The summed E-state index contributed by atoms with van der Waals surface area (Å²) in [5.74, 6) is 0.792. The number of hydroxylamine groups is 1. The van der Waals surface area contributed by atoms with E-state index in [2.05, 4.69) is 5.48 Å². The van der Waals surface area contributed by atoms with Crippen molar-refractivity contribution >= 4 is 0 Å². The monoisotopic (exact) mass is 273 g/mol. The summed E-state index contributed by atoms with van der Waals surface area (Å²) in [6, 6.07) is 14.8. The molecule has 0 fully saturated rings. The second-order valence-electron chi connectivity index (χ2n) is 4.32. The van der Waals surface area contributed by atoms with Crippen molar-refractivity contribution in [3.8, 4) is 11.5 Å². The molecule has 0 radical (unpaired) electrons. The first-order valence-electron chi connectivity index (χ1n) is 6.55. The average molecular weight is 273 g/mol. The first-order valence-corrected chi connectivity index (χ1v) is 6.55. The second kappa shape index (κ2) is 6.93. The number of nitrogens with one attached hydrogen (secondary N) is 1. The lowest BCUT2D eigenvalue weighted by Crippen LogP contribution is -2.22. The van der Waals surface area contributed by atoms with Gasteiger partial charge >= 0.3 is 0 Å². The van der Waals surface area contributed by atoms with Crippen LogP contribution in [0, 0.1) is 0 Å². The van der Waals surface area contributed by atoms with E-state index in [0.29, 0.717) is 12.4 Å². The third-order valence-corrected chi connectivity index (χ3v) is 3.03. The minimum Gasteiger partial charge on any atom is -0.507 e. The van der Waals surface area contributed by atoms with Crippen LogP contribution < -0.4 is 10.2 Å². The number of methoxy groups -OCH3 is 1. The molecule has 0 aliphatic carbocycles. The van der Waals surface area contributed by atoms with Crippen molar-refractivity contribution in [2.24, 2.45) is 0 Å². The Kier molecular flexibility index (Phi) is 4.98. The largest absolute Gasteiger partial charge is 0.507 e. The Morgan fingerprint density at radius 2 is 1.90 bits per heavy atom. The molecule has 1 atom stereocenters.